The minimum atomic E-state index is -5.03. The first kappa shape index (κ1) is 18.6. The number of hydrogen-bond donors (Lipinski definition) is 2. The maximum Gasteiger partial charge on any atom is 0.423 e. The van der Waals surface area contributed by atoms with E-state index in [-0.39, 0.29) is 5.02 Å². The first-order valence-electron chi connectivity index (χ1n) is 6.38. The molecule has 1 amide bonds. The van der Waals surface area contributed by atoms with Crippen LogP contribution in [0.1, 0.15) is 26.3 Å². The molecule has 0 radical (unpaired) electrons. The van der Waals surface area contributed by atoms with Gasteiger partial charge in [0.15, 0.2) is 0 Å². The molecule has 124 valence electrons. The van der Waals surface area contributed by atoms with Crippen molar-refractivity contribution in [2.24, 2.45) is 0 Å². The van der Waals surface area contributed by atoms with Crippen LogP contribution in [0.25, 0.3) is 0 Å². The molecule has 0 saturated carbocycles. The van der Waals surface area contributed by atoms with Gasteiger partial charge < -0.3 is 15.2 Å². The van der Waals surface area contributed by atoms with E-state index < -0.39 is 35.6 Å². The Balaban J connectivity index is 3.01. The van der Waals surface area contributed by atoms with Gasteiger partial charge in [0.05, 0.1) is 6.54 Å². The van der Waals surface area contributed by atoms with Crippen molar-refractivity contribution < 1.29 is 27.8 Å². The van der Waals surface area contributed by atoms with Crippen molar-refractivity contribution in [3.63, 3.8) is 0 Å². The van der Waals surface area contributed by atoms with Crippen LogP contribution in [0.15, 0.2) is 24.3 Å². The highest BCUT2D eigenvalue weighted by Crippen LogP contribution is 2.41. The molecule has 1 aromatic rings. The first-order chi connectivity index (χ1) is 9.87. The Morgan fingerprint density at radius 1 is 1.27 bits per heavy atom. The minimum absolute atomic E-state index is 0.256. The van der Waals surface area contributed by atoms with Crippen molar-refractivity contribution in [3.05, 3.63) is 34.9 Å². The fourth-order valence-electron chi connectivity index (χ4n) is 1.66. The van der Waals surface area contributed by atoms with Gasteiger partial charge in [0.1, 0.15) is 5.60 Å². The lowest BCUT2D eigenvalue weighted by molar-refractivity contribution is -0.263. The molecule has 1 atom stereocenters. The van der Waals surface area contributed by atoms with E-state index in [4.69, 9.17) is 16.3 Å². The number of carbonyl (C=O) groups excluding carboxylic acids is 1. The smallest absolute Gasteiger partial charge is 0.423 e. The van der Waals surface area contributed by atoms with Crippen molar-refractivity contribution in [2.45, 2.75) is 38.1 Å². The summed E-state index contributed by atoms with van der Waals surface area (Å²) >= 11 is 5.73. The highest BCUT2D eigenvalue weighted by Gasteiger charge is 2.56. The van der Waals surface area contributed by atoms with E-state index in [0.717, 1.165) is 6.07 Å². The molecule has 1 aromatic carbocycles. The molecular formula is C14H17ClF3NO3. The molecule has 0 bridgehead atoms. The molecular weight excluding hydrogens is 323 g/mol. The summed E-state index contributed by atoms with van der Waals surface area (Å²) in [6.45, 7) is 3.58. The number of amides is 1. The largest absolute Gasteiger partial charge is 0.444 e. The summed E-state index contributed by atoms with van der Waals surface area (Å²) < 4.78 is 44.6. The molecule has 0 aromatic heterocycles. The fourth-order valence-corrected chi connectivity index (χ4v) is 1.95. The Hall–Kier alpha value is -1.47. The van der Waals surface area contributed by atoms with Crippen LogP contribution in [0.3, 0.4) is 0 Å². The Morgan fingerprint density at radius 2 is 1.82 bits per heavy atom. The maximum atomic E-state index is 13.3. The number of nitrogens with one attached hydrogen (secondary N) is 1. The zero-order valence-electron chi connectivity index (χ0n) is 12.3. The summed E-state index contributed by atoms with van der Waals surface area (Å²) in [5, 5.41) is 11.7. The van der Waals surface area contributed by atoms with Gasteiger partial charge in [-0.25, -0.2) is 4.79 Å². The molecule has 0 fully saturated rings. The van der Waals surface area contributed by atoms with Crippen LogP contribution in [0.5, 0.6) is 0 Å². The van der Waals surface area contributed by atoms with Gasteiger partial charge in [0, 0.05) is 10.6 Å². The van der Waals surface area contributed by atoms with E-state index in [0.29, 0.717) is 0 Å². The van der Waals surface area contributed by atoms with Crippen LogP contribution in [-0.4, -0.2) is 29.5 Å². The third-order valence-corrected chi connectivity index (χ3v) is 3.01. The zero-order chi connectivity index (χ0) is 17.2. The van der Waals surface area contributed by atoms with Crippen molar-refractivity contribution in [2.75, 3.05) is 6.54 Å². The van der Waals surface area contributed by atoms with E-state index >= 15 is 0 Å². The van der Waals surface area contributed by atoms with Crippen LogP contribution < -0.4 is 5.32 Å². The predicted octanol–water partition coefficient (Wildman–Crippen LogP) is 3.61. The van der Waals surface area contributed by atoms with Gasteiger partial charge in [-0.15, -0.1) is 0 Å². The first-order valence-corrected chi connectivity index (χ1v) is 6.75. The number of rotatable bonds is 3. The second-order valence-electron chi connectivity index (χ2n) is 5.69. The average molecular weight is 340 g/mol. The van der Waals surface area contributed by atoms with Crippen LogP contribution in [0, 0.1) is 0 Å². The van der Waals surface area contributed by atoms with E-state index in [1.165, 1.54) is 18.2 Å². The topological polar surface area (TPSA) is 58.6 Å². The van der Waals surface area contributed by atoms with Crippen molar-refractivity contribution in [1.82, 2.24) is 5.32 Å². The lowest BCUT2D eigenvalue weighted by Gasteiger charge is -2.32. The summed E-state index contributed by atoms with van der Waals surface area (Å²) in [7, 11) is 0. The summed E-state index contributed by atoms with van der Waals surface area (Å²) in [5.41, 5.74) is -4.73. The number of alkyl carbamates (subject to hydrolysis) is 1. The Morgan fingerprint density at radius 3 is 2.27 bits per heavy atom. The normalized spacial score (nSPS) is 15.1. The molecule has 1 rings (SSSR count). The zero-order valence-corrected chi connectivity index (χ0v) is 13.0. The lowest BCUT2D eigenvalue weighted by atomic mass is 9.93. The molecule has 2 N–H and O–H groups in total. The molecule has 8 heteroatoms. The summed E-state index contributed by atoms with van der Waals surface area (Å²) in [6.07, 6.45) is -6.10. The monoisotopic (exact) mass is 339 g/mol. The quantitative estimate of drug-likeness (QED) is 0.884. The van der Waals surface area contributed by atoms with Crippen molar-refractivity contribution in [1.29, 1.82) is 0 Å². The highest BCUT2D eigenvalue weighted by molar-refractivity contribution is 6.31. The second-order valence-corrected chi connectivity index (χ2v) is 6.10. The Kier molecular flexibility index (Phi) is 5.35. The standard InChI is InChI=1S/C14H17ClF3NO3/c1-12(2,3)22-11(20)19-8-13(21,14(16,17)18)9-6-4-5-7-10(9)15/h4-7,21H,8H2,1-3H3,(H,19,20). The molecule has 1 unspecified atom stereocenters. The minimum Gasteiger partial charge on any atom is -0.444 e. The van der Waals surface area contributed by atoms with Gasteiger partial charge in [-0.3, -0.25) is 0 Å². The van der Waals surface area contributed by atoms with Gasteiger partial charge in [-0.2, -0.15) is 13.2 Å². The number of carbonyl (C=O) groups is 1. The number of ether oxygens (including phenoxy) is 1. The van der Waals surface area contributed by atoms with Crippen molar-refractivity contribution in [3.8, 4) is 0 Å². The number of hydrogen-bond acceptors (Lipinski definition) is 3. The van der Waals surface area contributed by atoms with Gasteiger partial charge in [-0.05, 0) is 26.8 Å². The molecule has 22 heavy (non-hydrogen) atoms. The molecule has 0 aliphatic heterocycles. The fraction of sp³-hybridized carbons (Fsp3) is 0.500. The molecule has 0 heterocycles. The number of benzene rings is 1. The van der Waals surface area contributed by atoms with Crippen LogP contribution in [0.4, 0.5) is 18.0 Å². The van der Waals surface area contributed by atoms with Crippen LogP contribution >= 0.6 is 11.6 Å². The van der Waals surface area contributed by atoms with Gasteiger partial charge in [0.25, 0.3) is 0 Å². The number of aliphatic hydroxyl groups is 1. The predicted molar refractivity (Wildman–Crippen MR) is 75.6 cm³/mol. The third-order valence-electron chi connectivity index (χ3n) is 2.68. The molecule has 0 aliphatic carbocycles. The molecule has 0 spiro atoms. The maximum absolute atomic E-state index is 13.3. The SMILES string of the molecule is CC(C)(C)OC(=O)NCC(O)(c1ccccc1Cl)C(F)(F)F. The molecule has 0 aliphatic rings. The highest BCUT2D eigenvalue weighted by atomic mass is 35.5. The Bertz CT molecular complexity index is 543. The average Bonchev–Trinajstić information content (AvgIpc) is 2.33. The lowest BCUT2D eigenvalue weighted by Crippen LogP contribution is -2.51. The summed E-state index contributed by atoms with van der Waals surface area (Å²) in [6, 6.07) is 5.02. The molecule has 4 nitrogen and oxygen atoms in total. The van der Waals surface area contributed by atoms with E-state index in [1.807, 2.05) is 5.32 Å². The van der Waals surface area contributed by atoms with E-state index in [2.05, 4.69) is 0 Å². The summed E-state index contributed by atoms with van der Waals surface area (Å²) in [5.74, 6) is 0. The molecule has 0 saturated heterocycles. The van der Waals surface area contributed by atoms with Crippen molar-refractivity contribution >= 4 is 17.7 Å². The van der Waals surface area contributed by atoms with E-state index in [1.54, 1.807) is 20.8 Å². The number of alkyl halides is 3. The summed E-state index contributed by atoms with van der Waals surface area (Å²) in [4.78, 5) is 11.5. The van der Waals surface area contributed by atoms with Crippen LogP contribution in [-0.2, 0) is 10.3 Å². The number of halogens is 4. The van der Waals surface area contributed by atoms with Crippen LogP contribution in [0.2, 0.25) is 5.02 Å². The third kappa shape index (κ3) is 4.51. The van der Waals surface area contributed by atoms with Gasteiger partial charge >= 0.3 is 12.3 Å². The van der Waals surface area contributed by atoms with E-state index in [9.17, 15) is 23.1 Å². The van der Waals surface area contributed by atoms with Gasteiger partial charge in [0.2, 0.25) is 5.60 Å². The Labute approximate surface area is 131 Å². The van der Waals surface area contributed by atoms with Gasteiger partial charge in [-0.1, -0.05) is 29.8 Å². The second kappa shape index (κ2) is 6.34.